The van der Waals surface area contributed by atoms with E-state index < -0.39 is 17.9 Å². The van der Waals surface area contributed by atoms with Gasteiger partial charge in [0, 0.05) is 0 Å². The van der Waals surface area contributed by atoms with Crippen LogP contribution in [0.4, 0.5) is 17.6 Å². The predicted octanol–water partition coefficient (Wildman–Crippen LogP) is 8.93. The Morgan fingerprint density at radius 3 is 2.00 bits per heavy atom. The molecule has 2 aliphatic carbocycles. The Morgan fingerprint density at radius 2 is 1.48 bits per heavy atom. The molecule has 0 aliphatic heterocycles. The van der Waals surface area contributed by atoms with Crippen LogP contribution in [0.2, 0.25) is 0 Å². The number of benzene rings is 1. The van der Waals surface area contributed by atoms with Gasteiger partial charge in [0.05, 0.1) is 0 Å². The Kier molecular flexibility index (Phi) is 8.85. The van der Waals surface area contributed by atoms with Crippen LogP contribution in [0.1, 0.15) is 89.5 Å². The van der Waals surface area contributed by atoms with Crippen molar-refractivity contribution in [2.75, 3.05) is 0 Å². The summed E-state index contributed by atoms with van der Waals surface area (Å²) < 4.78 is 54.1. The van der Waals surface area contributed by atoms with E-state index in [1.165, 1.54) is 70.3 Å². The normalized spacial score (nSPS) is 27.5. The zero-order valence-electron chi connectivity index (χ0n) is 18.6. The van der Waals surface area contributed by atoms with Crippen molar-refractivity contribution in [1.29, 1.82) is 0 Å². The molecule has 1 nitrogen and oxygen atoms in total. The van der Waals surface area contributed by atoms with Crippen LogP contribution < -0.4 is 4.74 Å². The second-order valence-corrected chi connectivity index (χ2v) is 9.57. The van der Waals surface area contributed by atoms with Gasteiger partial charge in [-0.1, -0.05) is 63.7 Å². The molecule has 2 fully saturated rings. The van der Waals surface area contributed by atoms with E-state index in [9.17, 15) is 17.6 Å². The van der Waals surface area contributed by atoms with Gasteiger partial charge >= 0.3 is 6.36 Å². The van der Waals surface area contributed by atoms with Gasteiger partial charge in [-0.25, -0.2) is 4.39 Å². The molecule has 5 heteroatoms. The van der Waals surface area contributed by atoms with Crippen LogP contribution in [0.3, 0.4) is 0 Å². The number of ether oxygens (including phenoxy) is 1. The molecule has 0 saturated heterocycles. The lowest BCUT2D eigenvalue weighted by molar-refractivity contribution is -0.275. The van der Waals surface area contributed by atoms with Gasteiger partial charge in [-0.05, 0) is 79.9 Å². The maximum Gasteiger partial charge on any atom is 0.573 e. The third-order valence-electron chi connectivity index (χ3n) is 7.38. The molecular weight excluding hydrogens is 404 g/mol. The minimum absolute atomic E-state index is 0.550. The van der Waals surface area contributed by atoms with Crippen LogP contribution in [0.15, 0.2) is 24.3 Å². The van der Waals surface area contributed by atoms with Gasteiger partial charge in [-0.3, -0.25) is 0 Å². The summed E-state index contributed by atoms with van der Waals surface area (Å²) in [5.74, 6) is 1.83. The lowest BCUT2D eigenvalue weighted by Crippen LogP contribution is -2.25. The summed E-state index contributed by atoms with van der Waals surface area (Å²) in [6, 6.07) is 3.55. The predicted molar refractivity (Wildman–Crippen MR) is 117 cm³/mol. The molecule has 3 rings (SSSR count). The third-order valence-corrected chi connectivity index (χ3v) is 7.38. The number of rotatable bonds is 8. The number of alkyl halides is 3. The van der Waals surface area contributed by atoms with Crippen LogP contribution in [0, 0.1) is 29.5 Å². The Bertz CT molecular complexity index is 696. The highest BCUT2D eigenvalue weighted by molar-refractivity contribution is 5.51. The van der Waals surface area contributed by atoms with Crippen molar-refractivity contribution in [3.8, 4) is 5.75 Å². The van der Waals surface area contributed by atoms with E-state index in [-0.39, 0.29) is 0 Å². The molecule has 0 N–H and O–H groups in total. The molecule has 31 heavy (non-hydrogen) atoms. The fourth-order valence-corrected chi connectivity index (χ4v) is 5.68. The third kappa shape index (κ3) is 7.84. The molecule has 0 unspecified atom stereocenters. The summed E-state index contributed by atoms with van der Waals surface area (Å²) in [5, 5.41) is 0. The minimum atomic E-state index is -4.88. The first-order valence-electron chi connectivity index (χ1n) is 12.1. The average molecular weight is 441 g/mol. The molecule has 2 saturated carbocycles. The molecule has 0 spiro atoms. The number of hydrogen-bond acceptors (Lipinski definition) is 1. The first kappa shape index (κ1) is 24.1. The van der Waals surface area contributed by atoms with Gasteiger partial charge < -0.3 is 4.74 Å². The van der Waals surface area contributed by atoms with E-state index in [1.807, 2.05) is 6.08 Å². The molecule has 0 amide bonds. The standard InChI is InChI=1S/C26H36F4O/c1-2-5-19-8-13-22(14-9-19)23-15-10-20(11-16-23)6-3-4-7-21-12-17-25(24(27)18-21)31-26(28,29)30/h4,7,12,17-20,22-23H,2-3,5-6,8-11,13-16H2,1H3. The van der Waals surface area contributed by atoms with E-state index in [0.717, 1.165) is 48.6 Å². The van der Waals surface area contributed by atoms with Crippen LogP contribution in [-0.4, -0.2) is 6.36 Å². The molecule has 1 aromatic carbocycles. The summed E-state index contributed by atoms with van der Waals surface area (Å²) in [7, 11) is 0. The molecule has 0 aromatic heterocycles. The van der Waals surface area contributed by atoms with Crippen LogP contribution in [-0.2, 0) is 0 Å². The molecule has 1 aromatic rings. The Hall–Kier alpha value is -1.52. The maximum absolute atomic E-state index is 13.8. The highest BCUT2D eigenvalue weighted by Crippen LogP contribution is 2.43. The SMILES string of the molecule is CCCC1CCC(C2CCC(CCC=Cc3ccc(OC(F)(F)F)c(F)c3)CC2)CC1. The average Bonchev–Trinajstić information content (AvgIpc) is 2.73. The minimum Gasteiger partial charge on any atom is -0.403 e. The first-order valence-corrected chi connectivity index (χ1v) is 12.1. The van der Waals surface area contributed by atoms with Crippen molar-refractivity contribution in [2.45, 2.75) is 90.3 Å². The van der Waals surface area contributed by atoms with Gasteiger partial charge in [0.15, 0.2) is 11.6 Å². The fraction of sp³-hybridized carbons (Fsp3) is 0.692. The quantitative estimate of drug-likeness (QED) is 0.367. The summed E-state index contributed by atoms with van der Waals surface area (Å²) in [4.78, 5) is 0. The molecule has 174 valence electrons. The second-order valence-electron chi connectivity index (χ2n) is 9.57. The zero-order chi connectivity index (χ0) is 22.3. The van der Waals surface area contributed by atoms with Crippen molar-refractivity contribution in [1.82, 2.24) is 0 Å². The topological polar surface area (TPSA) is 9.23 Å². The summed E-state index contributed by atoms with van der Waals surface area (Å²) in [6.45, 7) is 2.30. The van der Waals surface area contributed by atoms with E-state index in [0.29, 0.717) is 5.56 Å². The van der Waals surface area contributed by atoms with E-state index in [1.54, 1.807) is 6.08 Å². The van der Waals surface area contributed by atoms with Crippen molar-refractivity contribution in [2.24, 2.45) is 23.7 Å². The zero-order valence-corrected chi connectivity index (χ0v) is 18.6. The molecular formula is C26H36F4O. The summed E-state index contributed by atoms with van der Waals surface area (Å²) >= 11 is 0. The van der Waals surface area contributed by atoms with E-state index in [4.69, 9.17) is 0 Å². The maximum atomic E-state index is 13.8. The van der Waals surface area contributed by atoms with Gasteiger partial charge in [0.25, 0.3) is 0 Å². The van der Waals surface area contributed by atoms with Gasteiger partial charge in [0.2, 0.25) is 0 Å². The smallest absolute Gasteiger partial charge is 0.403 e. The van der Waals surface area contributed by atoms with Crippen LogP contribution >= 0.6 is 0 Å². The molecule has 2 aliphatic rings. The summed E-state index contributed by atoms with van der Waals surface area (Å²) in [6.07, 6.45) is 14.8. The van der Waals surface area contributed by atoms with E-state index in [2.05, 4.69) is 11.7 Å². The number of hydrogen-bond donors (Lipinski definition) is 0. The van der Waals surface area contributed by atoms with Crippen molar-refractivity contribution in [3.05, 3.63) is 35.7 Å². The van der Waals surface area contributed by atoms with Crippen LogP contribution in [0.25, 0.3) is 6.08 Å². The van der Waals surface area contributed by atoms with Gasteiger partial charge in [-0.15, -0.1) is 13.2 Å². The van der Waals surface area contributed by atoms with Gasteiger partial charge in [-0.2, -0.15) is 0 Å². The van der Waals surface area contributed by atoms with Crippen LogP contribution in [0.5, 0.6) is 5.75 Å². The molecule has 0 heterocycles. The Labute approximate surface area is 184 Å². The summed E-state index contributed by atoms with van der Waals surface area (Å²) in [5.41, 5.74) is 0.550. The number of halogens is 4. The van der Waals surface area contributed by atoms with Crippen molar-refractivity contribution >= 4 is 6.08 Å². The molecule has 0 bridgehead atoms. The Balaban J connectivity index is 1.36. The lowest BCUT2D eigenvalue weighted by atomic mass is 9.68. The molecule has 0 atom stereocenters. The first-order chi connectivity index (χ1) is 14.8. The second kappa shape index (κ2) is 11.4. The van der Waals surface area contributed by atoms with Crippen molar-refractivity contribution < 1.29 is 22.3 Å². The largest absolute Gasteiger partial charge is 0.573 e. The lowest BCUT2D eigenvalue weighted by Gasteiger charge is -2.38. The Morgan fingerprint density at radius 1 is 0.903 bits per heavy atom. The number of allylic oxidation sites excluding steroid dienone is 1. The van der Waals surface area contributed by atoms with Gasteiger partial charge in [0.1, 0.15) is 0 Å². The highest BCUT2D eigenvalue weighted by Gasteiger charge is 2.32. The van der Waals surface area contributed by atoms with Crippen molar-refractivity contribution in [3.63, 3.8) is 0 Å². The van der Waals surface area contributed by atoms with E-state index >= 15 is 0 Å². The molecule has 0 radical (unpaired) electrons. The fourth-order valence-electron chi connectivity index (χ4n) is 5.68. The monoisotopic (exact) mass is 440 g/mol. The highest BCUT2D eigenvalue weighted by atomic mass is 19.4.